The lowest BCUT2D eigenvalue weighted by molar-refractivity contribution is -0.144. The molecule has 9 heteroatoms. The van der Waals surface area contributed by atoms with E-state index in [1.54, 1.807) is 0 Å². The third-order valence-electron chi connectivity index (χ3n) is 3.47. The van der Waals surface area contributed by atoms with Gasteiger partial charge in [0.15, 0.2) is 0 Å². The molecule has 0 spiro atoms. The Kier molecular flexibility index (Phi) is 5.08. The molecule has 1 aromatic carbocycles. The van der Waals surface area contributed by atoms with Crippen LogP contribution in [0.2, 0.25) is 0 Å². The fraction of sp³-hybridized carbons (Fsp3) is 0.500. The minimum atomic E-state index is -4.72. The number of rotatable bonds is 5. The predicted molar refractivity (Wildman–Crippen MR) is 70.6 cm³/mol. The van der Waals surface area contributed by atoms with Crippen LogP contribution in [-0.4, -0.2) is 36.9 Å². The van der Waals surface area contributed by atoms with Gasteiger partial charge in [-0.25, -0.2) is 13.6 Å². The van der Waals surface area contributed by atoms with E-state index in [-0.39, 0.29) is 12.2 Å². The summed E-state index contributed by atoms with van der Waals surface area (Å²) >= 11 is 0. The molecule has 1 saturated heterocycles. The summed E-state index contributed by atoms with van der Waals surface area (Å²) in [6.45, 7) is -0.0606. The Morgan fingerprint density at radius 2 is 2.04 bits per heavy atom. The molecule has 1 N–H and O–H groups in total. The van der Waals surface area contributed by atoms with Crippen molar-refractivity contribution in [1.29, 1.82) is 0 Å². The molecule has 0 bridgehead atoms. The van der Waals surface area contributed by atoms with E-state index in [1.807, 2.05) is 0 Å². The van der Waals surface area contributed by atoms with Gasteiger partial charge in [0, 0.05) is 24.3 Å². The minimum absolute atomic E-state index is 0.0246. The molecule has 1 heterocycles. The largest absolute Gasteiger partial charge is 0.480 e. The molecule has 2 rings (SSSR count). The van der Waals surface area contributed by atoms with Crippen LogP contribution in [0.3, 0.4) is 0 Å². The Hall–Kier alpha value is -1.90. The molecule has 23 heavy (non-hydrogen) atoms. The monoisotopic (exact) mass is 339 g/mol. The topological polar surface area (TPSA) is 49.8 Å². The number of anilines is 1. The van der Waals surface area contributed by atoms with Gasteiger partial charge in [-0.05, 0) is 24.6 Å². The quantitative estimate of drug-likeness (QED) is 0.836. The lowest BCUT2D eigenvalue weighted by Gasteiger charge is -2.21. The zero-order valence-electron chi connectivity index (χ0n) is 11.8. The van der Waals surface area contributed by atoms with Crippen molar-refractivity contribution in [2.75, 3.05) is 24.6 Å². The smallest absolute Gasteiger partial charge is 0.416 e. The summed E-state index contributed by atoms with van der Waals surface area (Å²) in [5.74, 6) is -1.15. The van der Waals surface area contributed by atoms with E-state index in [1.165, 1.54) is 4.90 Å². The average Bonchev–Trinajstić information content (AvgIpc) is 2.92. The lowest BCUT2D eigenvalue weighted by atomic mass is 10.1. The van der Waals surface area contributed by atoms with E-state index in [2.05, 4.69) is 0 Å². The first-order valence-corrected chi connectivity index (χ1v) is 6.75. The molecule has 0 aliphatic carbocycles. The van der Waals surface area contributed by atoms with Crippen molar-refractivity contribution in [3.63, 3.8) is 0 Å². The summed E-state index contributed by atoms with van der Waals surface area (Å²) in [6, 6.07) is 2.26. The molecule has 0 amide bonds. The van der Waals surface area contributed by atoms with Crippen molar-refractivity contribution < 1.29 is 36.6 Å². The normalized spacial score (nSPS) is 18.7. The molecule has 128 valence electrons. The highest BCUT2D eigenvalue weighted by Crippen LogP contribution is 2.36. The van der Waals surface area contributed by atoms with E-state index in [0.717, 1.165) is 12.1 Å². The molecule has 0 radical (unpaired) electrons. The zero-order chi connectivity index (χ0) is 17.2. The summed E-state index contributed by atoms with van der Waals surface area (Å²) in [5, 5.41) is 8.53. The van der Waals surface area contributed by atoms with E-state index in [9.17, 15) is 26.7 Å². The number of benzene rings is 1. The van der Waals surface area contributed by atoms with Crippen LogP contribution in [0.1, 0.15) is 24.0 Å². The van der Waals surface area contributed by atoms with Crippen molar-refractivity contribution in [2.24, 2.45) is 0 Å². The number of hydrogen-bond acceptors (Lipinski definition) is 3. The summed E-state index contributed by atoms with van der Waals surface area (Å²) in [7, 11) is 0. The molecule has 0 unspecified atom stereocenters. The summed E-state index contributed by atoms with van der Waals surface area (Å²) < 4.78 is 69.2. The van der Waals surface area contributed by atoms with Gasteiger partial charge in [0.1, 0.15) is 6.61 Å². The van der Waals surface area contributed by atoms with Gasteiger partial charge in [-0.15, -0.1) is 0 Å². The van der Waals surface area contributed by atoms with E-state index >= 15 is 0 Å². The van der Waals surface area contributed by atoms with Gasteiger partial charge in [0.2, 0.25) is 0 Å². The number of hydrogen-bond donors (Lipinski definition) is 1. The molecule has 1 aromatic rings. The first kappa shape index (κ1) is 17.5. The zero-order valence-corrected chi connectivity index (χ0v) is 11.8. The molecule has 1 aliphatic heterocycles. The molecular weight excluding hydrogens is 325 g/mol. The molecular formula is C14H14F5NO3. The fourth-order valence-corrected chi connectivity index (χ4v) is 2.39. The van der Waals surface area contributed by atoms with Crippen LogP contribution in [0.25, 0.3) is 0 Å². The van der Waals surface area contributed by atoms with Crippen LogP contribution in [0.5, 0.6) is 0 Å². The molecule has 0 saturated carbocycles. The standard InChI is InChI=1S/C14H14F5NO3/c15-13(16)8-3-9(14(17,18)19)5-10(4-8)20-2-1-11(6-20)23-7-12(21)22/h3-5,11,13H,1-2,6-7H2,(H,21,22)/t11-/m0/s1. The fourth-order valence-electron chi connectivity index (χ4n) is 2.39. The first-order chi connectivity index (χ1) is 10.7. The van der Waals surface area contributed by atoms with Crippen molar-refractivity contribution >= 4 is 11.7 Å². The number of carbonyl (C=O) groups is 1. The Labute approximate surface area is 128 Å². The van der Waals surface area contributed by atoms with Gasteiger partial charge in [-0.2, -0.15) is 13.2 Å². The average molecular weight is 339 g/mol. The van der Waals surface area contributed by atoms with Crippen LogP contribution in [-0.2, 0) is 15.7 Å². The Balaban J connectivity index is 2.19. The molecule has 1 aliphatic rings. The Morgan fingerprint density at radius 3 is 2.61 bits per heavy atom. The highest BCUT2D eigenvalue weighted by molar-refractivity contribution is 5.68. The Morgan fingerprint density at radius 1 is 1.35 bits per heavy atom. The third kappa shape index (κ3) is 4.54. The lowest BCUT2D eigenvalue weighted by Crippen LogP contribution is -2.25. The predicted octanol–water partition coefficient (Wildman–Crippen LogP) is 3.32. The second-order valence-corrected chi connectivity index (χ2v) is 5.17. The van der Waals surface area contributed by atoms with Gasteiger partial charge in [-0.3, -0.25) is 0 Å². The van der Waals surface area contributed by atoms with Gasteiger partial charge in [0.05, 0.1) is 11.7 Å². The number of alkyl halides is 5. The highest BCUT2D eigenvalue weighted by atomic mass is 19.4. The second kappa shape index (κ2) is 6.69. The maximum absolute atomic E-state index is 12.8. The first-order valence-electron chi connectivity index (χ1n) is 6.75. The summed E-state index contributed by atoms with van der Waals surface area (Å²) in [6.07, 6.45) is -7.79. The van der Waals surface area contributed by atoms with Crippen molar-refractivity contribution in [2.45, 2.75) is 25.1 Å². The molecule has 1 fully saturated rings. The van der Waals surface area contributed by atoms with Crippen molar-refractivity contribution in [3.8, 4) is 0 Å². The van der Waals surface area contributed by atoms with E-state index in [0.29, 0.717) is 19.0 Å². The number of halogens is 5. The summed E-state index contributed by atoms with van der Waals surface area (Å²) in [5.41, 5.74) is -1.82. The maximum atomic E-state index is 12.8. The van der Waals surface area contributed by atoms with Gasteiger partial charge < -0.3 is 14.7 Å². The van der Waals surface area contributed by atoms with E-state index < -0.39 is 42.4 Å². The maximum Gasteiger partial charge on any atom is 0.416 e. The van der Waals surface area contributed by atoms with Crippen molar-refractivity contribution in [3.05, 3.63) is 29.3 Å². The van der Waals surface area contributed by atoms with Gasteiger partial charge >= 0.3 is 12.1 Å². The van der Waals surface area contributed by atoms with Crippen LogP contribution in [0.4, 0.5) is 27.6 Å². The number of aliphatic carboxylic acids is 1. The van der Waals surface area contributed by atoms with Crippen LogP contribution in [0.15, 0.2) is 18.2 Å². The summed E-state index contributed by atoms with van der Waals surface area (Å²) in [4.78, 5) is 11.9. The van der Waals surface area contributed by atoms with Crippen LogP contribution in [0, 0.1) is 0 Å². The third-order valence-corrected chi connectivity index (χ3v) is 3.47. The molecule has 1 atom stereocenters. The number of ether oxygens (including phenoxy) is 1. The van der Waals surface area contributed by atoms with E-state index in [4.69, 9.17) is 9.84 Å². The molecule has 0 aromatic heterocycles. The molecule has 4 nitrogen and oxygen atoms in total. The Bertz CT molecular complexity index is 576. The minimum Gasteiger partial charge on any atom is -0.480 e. The SMILES string of the molecule is O=C(O)CO[C@H]1CCN(c2cc(C(F)F)cc(C(F)(F)F)c2)C1. The van der Waals surface area contributed by atoms with Crippen LogP contribution >= 0.6 is 0 Å². The second-order valence-electron chi connectivity index (χ2n) is 5.17. The number of nitrogens with zero attached hydrogens (tertiary/aromatic N) is 1. The number of carboxylic acid groups (broad SMARTS) is 1. The van der Waals surface area contributed by atoms with Gasteiger partial charge in [0.25, 0.3) is 6.43 Å². The van der Waals surface area contributed by atoms with Gasteiger partial charge in [-0.1, -0.05) is 0 Å². The van der Waals surface area contributed by atoms with Crippen LogP contribution < -0.4 is 4.90 Å². The van der Waals surface area contributed by atoms with Crippen molar-refractivity contribution in [1.82, 2.24) is 0 Å². The number of carboxylic acids is 1. The highest BCUT2D eigenvalue weighted by Gasteiger charge is 2.33.